The quantitative estimate of drug-likeness (QED) is 0.486. The van der Waals surface area contributed by atoms with Gasteiger partial charge in [0, 0.05) is 24.7 Å². The summed E-state index contributed by atoms with van der Waals surface area (Å²) in [5, 5.41) is 13.7. The molecule has 1 spiro atoms. The zero-order valence-corrected chi connectivity index (χ0v) is 22.5. The van der Waals surface area contributed by atoms with E-state index in [-0.39, 0.29) is 23.2 Å². The highest BCUT2D eigenvalue weighted by atomic mass is 35.5. The lowest BCUT2D eigenvalue weighted by Crippen LogP contribution is -2.51. The molecule has 1 amide bonds. The van der Waals surface area contributed by atoms with Crippen LogP contribution >= 0.6 is 23.2 Å². The van der Waals surface area contributed by atoms with Gasteiger partial charge in [-0.15, -0.1) is 0 Å². The van der Waals surface area contributed by atoms with Crippen molar-refractivity contribution in [2.24, 2.45) is 5.41 Å². The third-order valence-corrected chi connectivity index (χ3v) is 7.94. The number of nitrogens with zero attached hydrogens (tertiary/aromatic N) is 3. The fourth-order valence-electron chi connectivity index (χ4n) is 5.39. The van der Waals surface area contributed by atoms with Gasteiger partial charge in [0.2, 0.25) is 0 Å². The Kier molecular flexibility index (Phi) is 7.40. The van der Waals surface area contributed by atoms with Crippen molar-refractivity contribution in [3.63, 3.8) is 0 Å². The first-order chi connectivity index (χ1) is 16.9. The van der Waals surface area contributed by atoms with E-state index in [1.807, 2.05) is 25.7 Å². The summed E-state index contributed by atoms with van der Waals surface area (Å²) in [4.78, 5) is 35.8. The zero-order chi connectivity index (χ0) is 26.3. The van der Waals surface area contributed by atoms with Crippen LogP contribution in [0.4, 0.5) is 10.6 Å². The highest BCUT2D eigenvalue weighted by Crippen LogP contribution is 2.47. The molecular formula is C26H32Cl2N4O4. The highest BCUT2D eigenvalue weighted by molar-refractivity contribution is 6.43. The molecule has 1 aromatic heterocycles. The molecule has 2 aliphatic rings. The average molecular weight is 535 g/mol. The second-order valence-electron chi connectivity index (χ2n) is 10.7. The molecule has 1 aliphatic heterocycles. The molecule has 2 aromatic rings. The van der Waals surface area contributed by atoms with Gasteiger partial charge in [0.25, 0.3) is 0 Å². The number of nitrogens with one attached hydrogen (secondary N) is 1. The maximum absolute atomic E-state index is 12.4. The Bertz CT molecular complexity index is 1170. The van der Waals surface area contributed by atoms with Gasteiger partial charge < -0.3 is 20.1 Å². The molecule has 1 unspecified atom stereocenters. The number of carbonyl (C=O) groups is 2. The van der Waals surface area contributed by atoms with Gasteiger partial charge in [0.15, 0.2) is 11.5 Å². The maximum atomic E-state index is 12.4. The van der Waals surface area contributed by atoms with Gasteiger partial charge in [0.1, 0.15) is 5.60 Å². The molecule has 10 heteroatoms. The molecule has 2 fully saturated rings. The van der Waals surface area contributed by atoms with E-state index in [4.69, 9.17) is 27.9 Å². The number of anilines is 1. The first-order valence-electron chi connectivity index (χ1n) is 12.2. The van der Waals surface area contributed by atoms with E-state index in [0.717, 1.165) is 32.1 Å². The molecule has 36 heavy (non-hydrogen) atoms. The molecule has 4 rings (SSSR count). The van der Waals surface area contributed by atoms with E-state index in [9.17, 15) is 14.7 Å². The second-order valence-corrected chi connectivity index (χ2v) is 11.5. The molecular weight excluding hydrogens is 503 g/mol. The third kappa shape index (κ3) is 5.39. The minimum atomic E-state index is -1.15. The van der Waals surface area contributed by atoms with E-state index < -0.39 is 11.6 Å². The van der Waals surface area contributed by atoms with E-state index in [1.165, 1.54) is 0 Å². The minimum Gasteiger partial charge on any atom is -0.476 e. The van der Waals surface area contributed by atoms with Gasteiger partial charge in [0.05, 0.1) is 21.4 Å². The van der Waals surface area contributed by atoms with E-state index in [1.54, 1.807) is 25.1 Å². The lowest BCUT2D eigenvalue weighted by atomic mass is 9.74. The molecule has 1 saturated carbocycles. The van der Waals surface area contributed by atoms with Crippen LogP contribution in [0.2, 0.25) is 10.0 Å². The summed E-state index contributed by atoms with van der Waals surface area (Å²) in [7, 11) is 0. The number of hydrogen-bond donors (Lipinski definition) is 2. The highest BCUT2D eigenvalue weighted by Gasteiger charge is 2.46. The molecule has 1 aliphatic carbocycles. The molecule has 1 aromatic carbocycles. The Morgan fingerprint density at radius 3 is 2.50 bits per heavy atom. The van der Waals surface area contributed by atoms with Crippen LogP contribution in [0.25, 0.3) is 11.3 Å². The van der Waals surface area contributed by atoms with E-state index in [0.29, 0.717) is 45.9 Å². The van der Waals surface area contributed by atoms with Crippen molar-refractivity contribution < 1.29 is 19.4 Å². The number of ether oxygens (including phenoxy) is 1. The van der Waals surface area contributed by atoms with E-state index >= 15 is 0 Å². The summed E-state index contributed by atoms with van der Waals surface area (Å²) in [5.41, 5.74) is 0.817. The van der Waals surface area contributed by atoms with E-state index in [2.05, 4.69) is 15.3 Å². The van der Waals surface area contributed by atoms with Crippen molar-refractivity contribution >= 4 is 41.1 Å². The number of carboxylic acids is 1. The Balaban J connectivity index is 1.55. The Labute approximate surface area is 221 Å². The van der Waals surface area contributed by atoms with Crippen molar-refractivity contribution in [2.75, 3.05) is 18.0 Å². The number of alkyl carbamates (subject to hydrolysis) is 1. The van der Waals surface area contributed by atoms with Gasteiger partial charge in [-0.3, -0.25) is 0 Å². The minimum absolute atomic E-state index is 0.0342. The summed E-state index contributed by atoms with van der Waals surface area (Å²) >= 11 is 12.5. The largest absolute Gasteiger partial charge is 0.476 e. The first-order valence-corrected chi connectivity index (χ1v) is 13.0. The van der Waals surface area contributed by atoms with Crippen LogP contribution in [0, 0.1) is 12.3 Å². The Morgan fingerprint density at radius 1 is 1.17 bits per heavy atom. The van der Waals surface area contributed by atoms with Crippen LogP contribution in [-0.4, -0.2) is 51.9 Å². The number of halogens is 2. The molecule has 0 bridgehead atoms. The summed E-state index contributed by atoms with van der Waals surface area (Å²) in [6, 6.07) is 5.19. The SMILES string of the molecule is Cc1nc(N2CCC3(CCCC3NC(=O)OC(C)(C)C)CC2)c(C(=O)O)nc1-c1cccc(Cl)c1Cl. The van der Waals surface area contributed by atoms with Gasteiger partial charge in [-0.2, -0.15) is 0 Å². The number of benzene rings is 1. The number of hydrogen-bond acceptors (Lipinski definition) is 6. The predicted molar refractivity (Wildman–Crippen MR) is 140 cm³/mol. The normalized spacial score (nSPS) is 19.4. The lowest BCUT2D eigenvalue weighted by Gasteiger charge is -2.44. The smallest absolute Gasteiger partial charge is 0.407 e. The topological polar surface area (TPSA) is 105 Å². The predicted octanol–water partition coefficient (Wildman–Crippen LogP) is 6.12. The van der Waals surface area contributed by atoms with Gasteiger partial charge >= 0.3 is 12.1 Å². The molecule has 2 heterocycles. The second kappa shape index (κ2) is 10.1. The molecule has 1 atom stereocenters. The summed E-state index contributed by atoms with van der Waals surface area (Å²) < 4.78 is 5.48. The number of rotatable bonds is 4. The van der Waals surface area contributed by atoms with Crippen molar-refractivity contribution in [3.8, 4) is 11.3 Å². The molecule has 0 radical (unpaired) electrons. The summed E-state index contributed by atoms with van der Waals surface area (Å²) in [5.74, 6) is -0.797. The number of aromatic nitrogens is 2. The number of carbonyl (C=O) groups excluding carboxylic acids is 1. The average Bonchev–Trinajstić information content (AvgIpc) is 3.16. The van der Waals surface area contributed by atoms with Crippen molar-refractivity contribution in [1.29, 1.82) is 0 Å². The van der Waals surface area contributed by atoms with Crippen molar-refractivity contribution in [2.45, 2.75) is 71.4 Å². The van der Waals surface area contributed by atoms with Gasteiger partial charge in [-0.05, 0) is 64.9 Å². The van der Waals surface area contributed by atoms with Gasteiger partial charge in [-0.1, -0.05) is 41.8 Å². The zero-order valence-electron chi connectivity index (χ0n) is 21.0. The molecule has 1 saturated heterocycles. The van der Waals surface area contributed by atoms with Crippen LogP contribution in [0.15, 0.2) is 18.2 Å². The third-order valence-electron chi connectivity index (χ3n) is 7.12. The molecule has 2 N–H and O–H groups in total. The fraction of sp³-hybridized carbons (Fsp3) is 0.538. The monoisotopic (exact) mass is 534 g/mol. The van der Waals surface area contributed by atoms with Crippen LogP contribution in [0.1, 0.15) is 69.1 Å². The van der Waals surface area contributed by atoms with Crippen LogP contribution < -0.4 is 10.2 Å². The van der Waals surface area contributed by atoms with Gasteiger partial charge in [-0.25, -0.2) is 19.6 Å². The number of piperidine rings is 1. The molecule has 194 valence electrons. The summed E-state index contributed by atoms with van der Waals surface area (Å²) in [6.45, 7) is 8.59. The standard InChI is InChI=1S/C26H32Cl2N4O4/c1-15-20(16-7-5-8-17(27)19(16)28)31-21(23(33)34)22(29-15)32-13-11-26(12-14-32)10-6-9-18(26)30-24(35)36-25(2,3)4/h5,7-8,18H,6,9-14H2,1-4H3,(H,30,35)(H,33,34). The maximum Gasteiger partial charge on any atom is 0.407 e. The van der Waals surface area contributed by atoms with Crippen LogP contribution in [0.5, 0.6) is 0 Å². The van der Waals surface area contributed by atoms with Crippen LogP contribution in [-0.2, 0) is 4.74 Å². The molecule has 8 nitrogen and oxygen atoms in total. The number of carboxylic acid groups (broad SMARTS) is 1. The summed E-state index contributed by atoms with van der Waals surface area (Å²) in [6.07, 6.45) is 4.21. The Morgan fingerprint density at radius 2 is 1.86 bits per heavy atom. The fourth-order valence-corrected chi connectivity index (χ4v) is 5.78. The van der Waals surface area contributed by atoms with Crippen LogP contribution in [0.3, 0.4) is 0 Å². The number of amides is 1. The van der Waals surface area contributed by atoms with Crippen molar-refractivity contribution in [1.82, 2.24) is 15.3 Å². The number of aryl methyl sites for hydroxylation is 1. The first kappa shape index (κ1) is 26.5. The lowest BCUT2D eigenvalue weighted by molar-refractivity contribution is 0.0441. The number of aromatic carboxylic acids is 1. The van der Waals surface area contributed by atoms with Crippen molar-refractivity contribution in [3.05, 3.63) is 39.6 Å². The Hall–Kier alpha value is -2.58.